The minimum absolute atomic E-state index is 0.106. The van der Waals surface area contributed by atoms with Crippen LogP contribution in [0.5, 0.6) is 5.75 Å². The van der Waals surface area contributed by atoms with Crippen LogP contribution in [0.4, 0.5) is 5.69 Å². The molecule has 0 saturated carbocycles. The Hall–Kier alpha value is -2.86. The molecule has 144 valence electrons. The number of anilines is 1. The van der Waals surface area contributed by atoms with E-state index in [-0.39, 0.29) is 18.2 Å². The highest BCUT2D eigenvalue weighted by Gasteiger charge is 2.42. The van der Waals surface area contributed by atoms with Crippen LogP contribution in [0.2, 0.25) is 0 Å². The van der Waals surface area contributed by atoms with E-state index in [0.717, 1.165) is 28.7 Å². The van der Waals surface area contributed by atoms with E-state index in [1.165, 1.54) is 0 Å². The summed E-state index contributed by atoms with van der Waals surface area (Å²) in [6.07, 6.45) is 1.93. The van der Waals surface area contributed by atoms with Crippen molar-refractivity contribution in [2.24, 2.45) is 0 Å². The van der Waals surface area contributed by atoms with Crippen molar-refractivity contribution < 1.29 is 9.15 Å². The van der Waals surface area contributed by atoms with Crippen LogP contribution in [-0.2, 0) is 0 Å². The number of furan rings is 1. The van der Waals surface area contributed by atoms with Gasteiger partial charge < -0.3 is 19.4 Å². The molecule has 1 aromatic carbocycles. The average Bonchev–Trinajstić information content (AvgIpc) is 3.26. The van der Waals surface area contributed by atoms with E-state index in [4.69, 9.17) is 21.4 Å². The predicted octanol–water partition coefficient (Wildman–Crippen LogP) is 4.95. The molecule has 3 heterocycles. The predicted molar refractivity (Wildman–Crippen MR) is 114 cm³/mol. The molecular weight excluding hydrogens is 370 g/mol. The Labute approximate surface area is 170 Å². The van der Waals surface area contributed by atoms with Gasteiger partial charge in [0, 0.05) is 11.9 Å². The zero-order valence-electron chi connectivity index (χ0n) is 16.1. The summed E-state index contributed by atoms with van der Waals surface area (Å²) in [5.74, 6) is 2.56. The Bertz CT molecular complexity index is 953. The topological polar surface area (TPSA) is 50.5 Å². The molecule has 2 atom stereocenters. The SMILES string of the molecule is Cc1ccc(C2C(c3ccccn3)NC(=S)N2c2ccc(OC(C)C)cc2)o1. The van der Waals surface area contributed by atoms with E-state index < -0.39 is 0 Å². The Morgan fingerprint density at radius 1 is 1.11 bits per heavy atom. The number of aromatic nitrogens is 1. The largest absolute Gasteiger partial charge is 0.491 e. The molecule has 0 aliphatic carbocycles. The van der Waals surface area contributed by atoms with E-state index in [9.17, 15) is 0 Å². The Morgan fingerprint density at radius 2 is 1.89 bits per heavy atom. The van der Waals surface area contributed by atoms with Gasteiger partial charge in [-0.25, -0.2) is 0 Å². The molecule has 2 aromatic heterocycles. The molecule has 1 aliphatic rings. The average molecular weight is 394 g/mol. The van der Waals surface area contributed by atoms with Gasteiger partial charge in [-0.1, -0.05) is 6.07 Å². The standard InChI is InChI=1S/C22H23N3O2S/c1-14(2)26-17-10-8-16(9-11-17)25-21(19-12-7-15(3)27-19)20(24-22(25)28)18-6-4-5-13-23-18/h4-14,20-21H,1-3H3,(H,24,28). The first-order valence-corrected chi connectivity index (χ1v) is 9.77. The zero-order chi connectivity index (χ0) is 19.7. The summed E-state index contributed by atoms with van der Waals surface area (Å²) in [5, 5.41) is 4.07. The van der Waals surface area contributed by atoms with E-state index in [1.807, 2.05) is 75.4 Å². The van der Waals surface area contributed by atoms with Crippen LogP contribution in [-0.4, -0.2) is 16.2 Å². The summed E-state index contributed by atoms with van der Waals surface area (Å²) >= 11 is 5.70. The van der Waals surface area contributed by atoms with Crippen molar-refractivity contribution in [2.75, 3.05) is 4.90 Å². The first-order valence-electron chi connectivity index (χ1n) is 9.36. The third kappa shape index (κ3) is 3.60. The summed E-state index contributed by atoms with van der Waals surface area (Å²) < 4.78 is 11.8. The summed E-state index contributed by atoms with van der Waals surface area (Å²) in [6, 6.07) is 17.6. The highest BCUT2D eigenvalue weighted by atomic mass is 32.1. The Kier molecular flexibility index (Phi) is 5.05. The van der Waals surface area contributed by atoms with Crippen LogP contribution in [0.25, 0.3) is 0 Å². The minimum atomic E-state index is -0.132. The molecule has 2 unspecified atom stereocenters. The van der Waals surface area contributed by atoms with Gasteiger partial charge in [0.25, 0.3) is 0 Å². The van der Waals surface area contributed by atoms with Gasteiger partial charge in [-0.15, -0.1) is 0 Å². The number of nitrogens with one attached hydrogen (secondary N) is 1. The lowest BCUT2D eigenvalue weighted by Gasteiger charge is -2.26. The van der Waals surface area contributed by atoms with Gasteiger partial charge in [0.15, 0.2) is 5.11 Å². The van der Waals surface area contributed by atoms with Crippen molar-refractivity contribution in [1.82, 2.24) is 10.3 Å². The number of aryl methyl sites for hydroxylation is 1. The van der Waals surface area contributed by atoms with Crippen molar-refractivity contribution in [3.05, 3.63) is 78.0 Å². The second-order valence-corrected chi connectivity index (χ2v) is 7.49. The summed E-state index contributed by atoms with van der Waals surface area (Å²) in [6.45, 7) is 5.97. The quantitative estimate of drug-likeness (QED) is 0.619. The van der Waals surface area contributed by atoms with Crippen molar-refractivity contribution >= 4 is 23.0 Å². The van der Waals surface area contributed by atoms with Gasteiger partial charge in [-0.05, 0) is 81.5 Å². The fourth-order valence-corrected chi connectivity index (χ4v) is 3.84. The second kappa shape index (κ2) is 7.64. The van der Waals surface area contributed by atoms with Crippen LogP contribution in [0, 0.1) is 6.92 Å². The van der Waals surface area contributed by atoms with Gasteiger partial charge >= 0.3 is 0 Å². The lowest BCUT2D eigenvalue weighted by atomic mass is 10.0. The van der Waals surface area contributed by atoms with E-state index in [1.54, 1.807) is 6.20 Å². The van der Waals surface area contributed by atoms with Crippen molar-refractivity contribution in [3.63, 3.8) is 0 Å². The molecule has 6 heteroatoms. The minimum Gasteiger partial charge on any atom is -0.491 e. The molecule has 1 N–H and O–H groups in total. The van der Waals surface area contributed by atoms with Crippen LogP contribution < -0.4 is 15.0 Å². The van der Waals surface area contributed by atoms with Crippen LogP contribution >= 0.6 is 12.2 Å². The molecule has 1 saturated heterocycles. The maximum absolute atomic E-state index is 6.00. The number of thiocarbonyl (C=S) groups is 1. The lowest BCUT2D eigenvalue weighted by Crippen LogP contribution is -2.29. The molecule has 3 aromatic rings. The third-order valence-corrected chi connectivity index (χ3v) is 4.95. The lowest BCUT2D eigenvalue weighted by molar-refractivity contribution is 0.242. The molecule has 1 aliphatic heterocycles. The van der Waals surface area contributed by atoms with Gasteiger partial charge in [-0.3, -0.25) is 4.98 Å². The highest BCUT2D eigenvalue weighted by molar-refractivity contribution is 7.80. The molecule has 0 amide bonds. The van der Waals surface area contributed by atoms with Crippen molar-refractivity contribution in [1.29, 1.82) is 0 Å². The molecule has 1 fully saturated rings. The first-order chi connectivity index (χ1) is 13.5. The molecule has 5 nitrogen and oxygen atoms in total. The van der Waals surface area contributed by atoms with Gasteiger partial charge in [-0.2, -0.15) is 0 Å². The summed E-state index contributed by atoms with van der Waals surface area (Å²) in [7, 11) is 0. The fraction of sp³-hybridized carbons (Fsp3) is 0.273. The van der Waals surface area contributed by atoms with Gasteiger partial charge in [0.05, 0.1) is 17.8 Å². The van der Waals surface area contributed by atoms with Crippen molar-refractivity contribution in [3.8, 4) is 5.75 Å². The number of nitrogens with zero attached hydrogens (tertiary/aromatic N) is 2. The van der Waals surface area contributed by atoms with Crippen LogP contribution in [0.3, 0.4) is 0 Å². The highest BCUT2D eigenvalue weighted by Crippen LogP contribution is 2.42. The van der Waals surface area contributed by atoms with Crippen LogP contribution in [0.15, 0.2) is 65.2 Å². The zero-order valence-corrected chi connectivity index (χ0v) is 16.9. The van der Waals surface area contributed by atoms with E-state index in [0.29, 0.717) is 5.11 Å². The van der Waals surface area contributed by atoms with E-state index in [2.05, 4.69) is 15.2 Å². The maximum atomic E-state index is 6.00. The molecule has 0 spiro atoms. The number of hydrogen-bond acceptors (Lipinski definition) is 4. The normalized spacial score (nSPS) is 19.1. The fourth-order valence-electron chi connectivity index (χ4n) is 3.49. The first kappa shape index (κ1) is 18.5. The van der Waals surface area contributed by atoms with Gasteiger partial charge in [0.1, 0.15) is 23.3 Å². The monoisotopic (exact) mass is 393 g/mol. The second-order valence-electron chi connectivity index (χ2n) is 7.11. The Morgan fingerprint density at radius 3 is 2.50 bits per heavy atom. The van der Waals surface area contributed by atoms with Crippen LogP contribution in [0.1, 0.15) is 43.1 Å². The third-order valence-electron chi connectivity index (χ3n) is 4.64. The smallest absolute Gasteiger partial charge is 0.174 e. The number of rotatable bonds is 5. The number of hydrogen-bond donors (Lipinski definition) is 1. The van der Waals surface area contributed by atoms with E-state index >= 15 is 0 Å². The molecule has 0 bridgehead atoms. The van der Waals surface area contributed by atoms with Gasteiger partial charge in [0.2, 0.25) is 0 Å². The number of pyridine rings is 1. The summed E-state index contributed by atoms with van der Waals surface area (Å²) in [5.41, 5.74) is 1.90. The van der Waals surface area contributed by atoms with Crippen molar-refractivity contribution in [2.45, 2.75) is 39.0 Å². The number of ether oxygens (including phenoxy) is 1. The Balaban J connectivity index is 1.73. The molecule has 0 radical (unpaired) electrons. The molecular formula is C22H23N3O2S. The molecule has 28 heavy (non-hydrogen) atoms. The number of benzene rings is 1. The maximum Gasteiger partial charge on any atom is 0.174 e. The summed E-state index contributed by atoms with van der Waals surface area (Å²) in [4.78, 5) is 6.63. The molecule has 4 rings (SSSR count).